The lowest BCUT2D eigenvalue weighted by atomic mass is 10.3. The van der Waals surface area contributed by atoms with Crippen molar-refractivity contribution in [2.45, 2.75) is 16.2 Å². The van der Waals surface area contributed by atoms with Crippen molar-refractivity contribution in [3.63, 3.8) is 0 Å². The summed E-state index contributed by atoms with van der Waals surface area (Å²) in [5.41, 5.74) is 0.388. The number of benzene rings is 1. The van der Waals surface area contributed by atoms with E-state index in [-0.39, 0.29) is 15.0 Å². The van der Waals surface area contributed by atoms with Gasteiger partial charge in [0.05, 0.1) is 20.9 Å². The largest absolute Gasteiger partial charge is 0.294 e. The van der Waals surface area contributed by atoms with Gasteiger partial charge in [-0.25, -0.2) is 13.4 Å². The zero-order valence-corrected chi connectivity index (χ0v) is 11.6. The highest BCUT2D eigenvalue weighted by atomic mass is 32.2. The van der Waals surface area contributed by atoms with Gasteiger partial charge in [0, 0.05) is 0 Å². The summed E-state index contributed by atoms with van der Waals surface area (Å²) in [6.45, 7) is 1.50. The molecule has 0 fully saturated rings. The van der Waals surface area contributed by atoms with E-state index >= 15 is 0 Å². The molecular weight excluding hydrogens is 298 g/mol. The molecule has 0 spiro atoms. The van der Waals surface area contributed by atoms with Crippen molar-refractivity contribution in [3.05, 3.63) is 18.2 Å². The molecule has 1 heterocycles. The summed E-state index contributed by atoms with van der Waals surface area (Å²) in [6.07, 6.45) is 0. The second-order valence-corrected chi connectivity index (χ2v) is 8.39. The van der Waals surface area contributed by atoms with Crippen molar-refractivity contribution in [1.29, 1.82) is 0 Å². The molecule has 1 N–H and O–H groups in total. The smallest absolute Gasteiger partial charge is 0.282 e. The third-order valence-corrected chi connectivity index (χ3v) is 6.34. The predicted octanol–water partition coefficient (Wildman–Crippen LogP) is 1.34. The first-order valence-corrected chi connectivity index (χ1v) is 8.76. The third kappa shape index (κ3) is 2.39. The number of thiazole rings is 1. The van der Waals surface area contributed by atoms with Crippen LogP contribution in [0.5, 0.6) is 0 Å². The molecule has 0 aliphatic rings. The number of sulfone groups is 1. The van der Waals surface area contributed by atoms with Gasteiger partial charge in [-0.2, -0.15) is 8.42 Å². The molecule has 0 saturated carbocycles. The third-order valence-electron chi connectivity index (χ3n) is 2.28. The fourth-order valence-electron chi connectivity index (χ4n) is 1.30. The Kier molecular flexibility index (Phi) is 3.18. The molecule has 0 amide bonds. The van der Waals surface area contributed by atoms with Crippen molar-refractivity contribution < 1.29 is 21.4 Å². The Morgan fingerprint density at radius 1 is 1.28 bits per heavy atom. The maximum Gasteiger partial charge on any atom is 0.294 e. The lowest BCUT2D eigenvalue weighted by Gasteiger charge is -1.94. The summed E-state index contributed by atoms with van der Waals surface area (Å²) in [5, 5.41) is 0. The van der Waals surface area contributed by atoms with Gasteiger partial charge in [-0.3, -0.25) is 4.55 Å². The number of rotatable bonds is 3. The summed E-state index contributed by atoms with van der Waals surface area (Å²) in [4.78, 5) is 3.65. The number of fused-ring (bicyclic) bond motifs is 1. The van der Waals surface area contributed by atoms with E-state index in [2.05, 4.69) is 4.98 Å². The van der Waals surface area contributed by atoms with Crippen LogP contribution in [0.2, 0.25) is 0 Å². The first-order valence-electron chi connectivity index (χ1n) is 4.85. The Labute approximate surface area is 108 Å². The van der Waals surface area contributed by atoms with Crippen LogP contribution in [0.3, 0.4) is 0 Å². The zero-order chi connectivity index (χ0) is 13.6. The van der Waals surface area contributed by atoms with Gasteiger partial charge in [0.1, 0.15) is 0 Å². The molecule has 18 heavy (non-hydrogen) atoms. The lowest BCUT2D eigenvalue weighted by Crippen LogP contribution is -2.02. The van der Waals surface area contributed by atoms with Crippen LogP contribution in [-0.4, -0.2) is 32.1 Å². The van der Waals surface area contributed by atoms with Crippen molar-refractivity contribution in [2.75, 3.05) is 5.75 Å². The first kappa shape index (κ1) is 13.4. The van der Waals surface area contributed by atoms with Crippen molar-refractivity contribution in [3.8, 4) is 0 Å². The highest BCUT2D eigenvalue weighted by molar-refractivity contribution is 7.93. The quantitative estimate of drug-likeness (QED) is 0.859. The Morgan fingerprint density at radius 3 is 2.50 bits per heavy atom. The molecule has 6 nitrogen and oxygen atoms in total. The van der Waals surface area contributed by atoms with Gasteiger partial charge in [-0.15, -0.1) is 11.3 Å². The van der Waals surface area contributed by atoms with Crippen LogP contribution in [0.15, 0.2) is 27.4 Å². The molecule has 2 aromatic rings. The topological polar surface area (TPSA) is 101 Å². The highest BCUT2D eigenvalue weighted by Crippen LogP contribution is 2.28. The second kappa shape index (κ2) is 4.26. The number of hydrogen-bond donors (Lipinski definition) is 1. The minimum atomic E-state index is -4.30. The molecule has 0 bridgehead atoms. The lowest BCUT2D eigenvalue weighted by molar-refractivity contribution is 0.483. The fourth-order valence-corrected chi connectivity index (χ4v) is 4.23. The van der Waals surface area contributed by atoms with Crippen LogP contribution >= 0.6 is 11.3 Å². The summed E-state index contributed by atoms with van der Waals surface area (Å²) < 4.78 is 54.4. The molecule has 0 saturated heterocycles. The molecule has 0 aliphatic heterocycles. The maximum atomic E-state index is 11.6. The molecule has 9 heteroatoms. The zero-order valence-electron chi connectivity index (χ0n) is 9.19. The number of hydrogen-bond acceptors (Lipinski definition) is 6. The van der Waals surface area contributed by atoms with E-state index in [1.807, 2.05) is 0 Å². The summed E-state index contributed by atoms with van der Waals surface area (Å²) in [7, 11) is -7.71. The van der Waals surface area contributed by atoms with Gasteiger partial charge in [0.25, 0.3) is 10.1 Å². The molecule has 0 aliphatic carbocycles. The number of aromatic nitrogens is 1. The summed E-state index contributed by atoms with van der Waals surface area (Å²) in [5.74, 6) is -0.0715. The van der Waals surface area contributed by atoms with E-state index in [9.17, 15) is 16.8 Å². The molecule has 1 aromatic carbocycles. The van der Waals surface area contributed by atoms with Crippen LogP contribution in [0.25, 0.3) is 10.2 Å². The van der Waals surface area contributed by atoms with Crippen LogP contribution in [0, 0.1) is 0 Å². The molecule has 1 aromatic heterocycles. The molecule has 0 atom stereocenters. The maximum absolute atomic E-state index is 11.6. The van der Waals surface area contributed by atoms with Gasteiger partial charge < -0.3 is 0 Å². The van der Waals surface area contributed by atoms with E-state index in [0.717, 1.165) is 11.3 Å². The second-order valence-electron chi connectivity index (χ2n) is 3.49. The van der Waals surface area contributed by atoms with Crippen molar-refractivity contribution in [2.24, 2.45) is 0 Å². The first-order chi connectivity index (χ1) is 8.24. The minimum absolute atomic E-state index is 0.0486. The van der Waals surface area contributed by atoms with Gasteiger partial charge in [-0.05, 0) is 18.2 Å². The van der Waals surface area contributed by atoms with E-state index in [1.165, 1.54) is 25.1 Å². The molecule has 0 unspecified atom stereocenters. The van der Waals surface area contributed by atoms with E-state index < -0.39 is 20.0 Å². The van der Waals surface area contributed by atoms with Gasteiger partial charge in [-0.1, -0.05) is 6.92 Å². The van der Waals surface area contributed by atoms with Crippen molar-refractivity contribution >= 4 is 41.5 Å². The van der Waals surface area contributed by atoms with Crippen LogP contribution in [0.4, 0.5) is 0 Å². The summed E-state index contributed by atoms with van der Waals surface area (Å²) >= 11 is 0.884. The Balaban J connectivity index is 2.68. The average Bonchev–Trinajstić information content (AvgIpc) is 2.71. The van der Waals surface area contributed by atoms with Gasteiger partial charge in [0.2, 0.25) is 14.2 Å². The normalized spacial score (nSPS) is 13.0. The van der Waals surface area contributed by atoms with Crippen LogP contribution in [-0.2, 0) is 20.0 Å². The van der Waals surface area contributed by atoms with Crippen LogP contribution in [0.1, 0.15) is 6.92 Å². The van der Waals surface area contributed by atoms with E-state index in [1.54, 1.807) is 0 Å². The Bertz CT molecular complexity index is 804. The number of nitrogens with zero attached hydrogens (tertiary/aromatic N) is 1. The fraction of sp³-hybridized carbons (Fsp3) is 0.222. The summed E-state index contributed by atoms with van der Waals surface area (Å²) in [6, 6.07) is 3.75. The van der Waals surface area contributed by atoms with Gasteiger partial charge >= 0.3 is 0 Å². The van der Waals surface area contributed by atoms with E-state index in [4.69, 9.17) is 4.55 Å². The standard InChI is InChI=1S/C9H9NO5S3/c1-2-17(11,12)9-10-7-4-3-6(18(13,14)15)5-8(7)16-9/h3-5H,2H2,1H3,(H,13,14,15). The highest BCUT2D eigenvalue weighted by Gasteiger charge is 2.18. The molecular formula is C9H9NO5S3. The molecule has 2 rings (SSSR count). The molecule has 98 valence electrons. The Morgan fingerprint density at radius 2 is 1.94 bits per heavy atom. The monoisotopic (exact) mass is 307 g/mol. The minimum Gasteiger partial charge on any atom is -0.282 e. The SMILES string of the molecule is CCS(=O)(=O)c1nc2ccc(S(=O)(=O)O)cc2s1. The predicted molar refractivity (Wildman–Crippen MR) is 67.2 cm³/mol. The molecule has 0 radical (unpaired) electrons. The Hall–Kier alpha value is -1.03. The van der Waals surface area contributed by atoms with Crippen LogP contribution < -0.4 is 0 Å². The van der Waals surface area contributed by atoms with Gasteiger partial charge in [0.15, 0.2) is 0 Å². The average molecular weight is 307 g/mol. The van der Waals surface area contributed by atoms with Crippen molar-refractivity contribution in [1.82, 2.24) is 4.98 Å². The van der Waals surface area contributed by atoms with E-state index in [0.29, 0.717) is 10.2 Å².